The zero-order chi connectivity index (χ0) is 16.2. The van der Waals surface area contributed by atoms with Gasteiger partial charge in [0.25, 0.3) is 11.5 Å². The maximum Gasteiger partial charge on any atom is 0.272 e. The molecule has 1 aliphatic rings. The van der Waals surface area contributed by atoms with E-state index in [-0.39, 0.29) is 29.3 Å². The van der Waals surface area contributed by atoms with E-state index < -0.39 is 0 Å². The molecule has 1 aliphatic heterocycles. The summed E-state index contributed by atoms with van der Waals surface area (Å²) in [7, 11) is 0. The van der Waals surface area contributed by atoms with Gasteiger partial charge in [-0.2, -0.15) is 9.78 Å². The smallest absolute Gasteiger partial charge is 0.272 e. The van der Waals surface area contributed by atoms with Gasteiger partial charge in [0.15, 0.2) is 0 Å². The fourth-order valence-electron chi connectivity index (χ4n) is 2.66. The standard InChI is InChI=1S/C17H19N3O3/c1-12(15-8-5-11-23-15)18-17(22)14-9-10-16(21)20(19-14)13-6-3-2-4-7-13/h2-4,6-7,9-10,12,15H,5,8,11H2,1H3,(H,18,22). The van der Waals surface area contributed by atoms with Crippen molar-refractivity contribution in [1.29, 1.82) is 0 Å². The van der Waals surface area contributed by atoms with E-state index in [1.807, 2.05) is 25.1 Å². The average molecular weight is 313 g/mol. The van der Waals surface area contributed by atoms with Crippen molar-refractivity contribution in [2.24, 2.45) is 0 Å². The van der Waals surface area contributed by atoms with Crippen molar-refractivity contribution in [3.8, 4) is 5.69 Å². The van der Waals surface area contributed by atoms with Gasteiger partial charge in [-0.25, -0.2) is 0 Å². The predicted molar refractivity (Wildman–Crippen MR) is 85.7 cm³/mol. The average Bonchev–Trinajstić information content (AvgIpc) is 3.10. The number of benzene rings is 1. The van der Waals surface area contributed by atoms with Gasteiger partial charge in [-0.05, 0) is 38.0 Å². The SMILES string of the molecule is CC(NC(=O)c1ccc(=O)n(-c2ccccc2)n1)C1CCCO1. The number of hydrogen-bond acceptors (Lipinski definition) is 4. The van der Waals surface area contributed by atoms with Crippen molar-refractivity contribution in [3.63, 3.8) is 0 Å². The molecule has 1 saturated heterocycles. The topological polar surface area (TPSA) is 73.2 Å². The summed E-state index contributed by atoms with van der Waals surface area (Å²) in [6.45, 7) is 2.66. The number of ether oxygens (including phenoxy) is 1. The number of aromatic nitrogens is 2. The van der Waals surface area contributed by atoms with Crippen LogP contribution in [0.5, 0.6) is 0 Å². The molecule has 23 heavy (non-hydrogen) atoms. The van der Waals surface area contributed by atoms with E-state index in [0.29, 0.717) is 5.69 Å². The summed E-state index contributed by atoms with van der Waals surface area (Å²) in [5.74, 6) is -0.308. The molecule has 2 unspecified atom stereocenters. The van der Waals surface area contributed by atoms with Crippen molar-refractivity contribution in [3.05, 3.63) is 58.5 Å². The number of amides is 1. The highest BCUT2D eigenvalue weighted by Gasteiger charge is 2.24. The number of carbonyl (C=O) groups is 1. The van der Waals surface area contributed by atoms with Gasteiger partial charge in [-0.3, -0.25) is 9.59 Å². The molecular formula is C17H19N3O3. The monoisotopic (exact) mass is 313 g/mol. The van der Waals surface area contributed by atoms with Crippen LogP contribution in [0.2, 0.25) is 0 Å². The molecule has 0 bridgehead atoms. The molecule has 1 aromatic heterocycles. The first-order valence-electron chi connectivity index (χ1n) is 7.73. The highest BCUT2D eigenvalue weighted by Crippen LogP contribution is 2.15. The first-order valence-corrected chi connectivity index (χ1v) is 7.73. The molecule has 0 saturated carbocycles. The highest BCUT2D eigenvalue weighted by atomic mass is 16.5. The van der Waals surface area contributed by atoms with E-state index in [1.54, 1.807) is 12.1 Å². The van der Waals surface area contributed by atoms with Crippen LogP contribution in [0.4, 0.5) is 0 Å². The molecule has 6 nitrogen and oxygen atoms in total. The van der Waals surface area contributed by atoms with E-state index in [4.69, 9.17) is 4.74 Å². The van der Waals surface area contributed by atoms with Gasteiger partial charge >= 0.3 is 0 Å². The second-order valence-corrected chi connectivity index (χ2v) is 5.62. The molecule has 0 radical (unpaired) electrons. The Balaban J connectivity index is 1.80. The van der Waals surface area contributed by atoms with Crippen LogP contribution in [0.3, 0.4) is 0 Å². The Morgan fingerprint density at radius 1 is 1.30 bits per heavy atom. The molecule has 2 aromatic rings. The summed E-state index contributed by atoms with van der Waals surface area (Å²) in [6, 6.07) is 11.7. The van der Waals surface area contributed by atoms with Crippen LogP contribution in [-0.2, 0) is 4.74 Å². The predicted octanol–water partition coefficient (Wildman–Crippen LogP) is 1.53. The maximum absolute atomic E-state index is 12.4. The second kappa shape index (κ2) is 6.75. The summed E-state index contributed by atoms with van der Waals surface area (Å²) in [5, 5.41) is 7.07. The number of carbonyl (C=O) groups excluding carboxylic acids is 1. The molecule has 2 heterocycles. The Bertz CT molecular complexity index is 736. The maximum atomic E-state index is 12.4. The molecular weight excluding hydrogens is 294 g/mol. The van der Waals surface area contributed by atoms with Gasteiger partial charge in [-0.15, -0.1) is 0 Å². The quantitative estimate of drug-likeness (QED) is 0.929. The number of para-hydroxylation sites is 1. The van der Waals surface area contributed by atoms with E-state index in [0.717, 1.165) is 19.4 Å². The van der Waals surface area contributed by atoms with Gasteiger partial charge in [0.1, 0.15) is 5.69 Å². The molecule has 2 atom stereocenters. The Labute approximate surface area is 134 Å². The summed E-state index contributed by atoms with van der Waals surface area (Å²) in [6.07, 6.45) is 2.00. The summed E-state index contributed by atoms with van der Waals surface area (Å²) >= 11 is 0. The number of nitrogens with zero attached hydrogens (tertiary/aromatic N) is 2. The Hall–Kier alpha value is -2.47. The minimum atomic E-state index is -0.308. The number of rotatable bonds is 4. The summed E-state index contributed by atoms with van der Waals surface area (Å²) in [4.78, 5) is 24.3. The number of hydrogen-bond donors (Lipinski definition) is 1. The molecule has 1 aromatic carbocycles. The Morgan fingerprint density at radius 2 is 2.09 bits per heavy atom. The van der Waals surface area contributed by atoms with Crippen LogP contribution in [0, 0.1) is 0 Å². The zero-order valence-corrected chi connectivity index (χ0v) is 12.9. The first-order chi connectivity index (χ1) is 11.1. The number of nitrogens with one attached hydrogen (secondary N) is 1. The third-order valence-electron chi connectivity index (χ3n) is 3.92. The molecule has 3 rings (SSSR count). The minimum Gasteiger partial charge on any atom is -0.376 e. The highest BCUT2D eigenvalue weighted by molar-refractivity contribution is 5.92. The normalized spacial score (nSPS) is 18.6. The Kier molecular flexibility index (Phi) is 4.52. The zero-order valence-electron chi connectivity index (χ0n) is 12.9. The molecule has 120 valence electrons. The Morgan fingerprint density at radius 3 is 2.78 bits per heavy atom. The summed E-state index contributed by atoms with van der Waals surface area (Å²) < 4.78 is 6.80. The van der Waals surface area contributed by atoms with Crippen LogP contribution < -0.4 is 10.9 Å². The van der Waals surface area contributed by atoms with Crippen LogP contribution in [0.25, 0.3) is 5.69 Å². The largest absolute Gasteiger partial charge is 0.376 e. The van der Waals surface area contributed by atoms with Crippen molar-refractivity contribution in [1.82, 2.24) is 15.1 Å². The molecule has 6 heteroatoms. The van der Waals surface area contributed by atoms with Crippen molar-refractivity contribution in [2.75, 3.05) is 6.61 Å². The van der Waals surface area contributed by atoms with Crippen molar-refractivity contribution < 1.29 is 9.53 Å². The molecule has 1 N–H and O–H groups in total. The van der Waals surface area contributed by atoms with Gasteiger partial charge in [0, 0.05) is 12.7 Å². The third kappa shape index (κ3) is 3.48. The molecule has 0 spiro atoms. The lowest BCUT2D eigenvalue weighted by Crippen LogP contribution is -2.41. The van der Waals surface area contributed by atoms with Gasteiger partial charge in [0.2, 0.25) is 0 Å². The molecule has 0 aliphatic carbocycles. The van der Waals surface area contributed by atoms with Crippen LogP contribution in [0.1, 0.15) is 30.3 Å². The third-order valence-corrected chi connectivity index (χ3v) is 3.92. The fourth-order valence-corrected chi connectivity index (χ4v) is 2.66. The van der Waals surface area contributed by atoms with Crippen molar-refractivity contribution >= 4 is 5.91 Å². The minimum absolute atomic E-state index is 0.0407. The lowest BCUT2D eigenvalue weighted by atomic mass is 10.1. The van der Waals surface area contributed by atoms with Gasteiger partial charge in [-0.1, -0.05) is 18.2 Å². The van der Waals surface area contributed by atoms with Crippen LogP contribution in [0.15, 0.2) is 47.3 Å². The molecule has 1 amide bonds. The van der Waals surface area contributed by atoms with E-state index >= 15 is 0 Å². The first kappa shape index (κ1) is 15.4. The van der Waals surface area contributed by atoms with Crippen LogP contribution in [-0.4, -0.2) is 34.4 Å². The summed E-state index contributed by atoms with van der Waals surface area (Å²) in [5.41, 5.74) is 0.553. The molecule has 1 fully saturated rings. The lowest BCUT2D eigenvalue weighted by Gasteiger charge is -2.19. The van der Waals surface area contributed by atoms with E-state index in [9.17, 15) is 9.59 Å². The van der Waals surface area contributed by atoms with E-state index in [2.05, 4.69) is 10.4 Å². The van der Waals surface area contributed by atoms with Crippen LogP contribution >= 0.6 is 0 Å². The fraction of sp³-hybridized carbons (Fsp3) is 0.353. The van der Waals surface area contributed by atoms with Gasteiger partial charge < -0.3 is 10.1 Å². The second-order valence-electron chi connectivity index (χ2n) is 5.62. The van der Waals surface area contributed by atoms with E-state index in [1.165, 1.54) is 16.8 Å². The van der Waals surface area contributed by atoms with Gasteiger partial charge in [0.05, 0.1) is 17.8 Å². The van der Waals surface area contributed by atoms with Crippen molar-refractivity contribution in [2.45, 2.75) is 31.9 Å². The lowest BCUT2D eigenvalue weighted by molar-refractivity contribution is 0.0708.